The zero-order chi connectivity index (χ0) is 21.8. The molecule has 1 aliphatic heterocycles. The Morgan fingerprint density at radius 2 is 1.53 bits per heavy atom. The number of amides is 2. The molecule has 6 nitrogen and oxygen atoms in total. The van der Waals surface area contributed by atoms with E-state index in [-0.39, 0.29) is 23.6 Å². The number of anilines is 1. The van der Waals surface area contributed by atoms with Crippen molar-refractivity contribution in [2.45, 2.75) is 40.7 Å². The van der Waals surface area contributed by atoms with E-state index in [0.29, 0.717) is 41.5 Å². The first-order chi connectivity index (χ1) is 14.4. The predicted octanol–water partition coefficient (Wildman–Crippen LogP) is 4.39. The molecule has 0 spiro atoms. The fourth-order valence-corrected chi connectivity index (χ4v) is 3.39. The molecule has 0 fully saturated rings. The number of imide groups is 1. The van der Waals surface area contributed by atoms with E-state index in [4.69, 9.17) is 9.47 Å². The first-order valence-electron chi connectivity index (χ1n) is 10.2. The van der Waals surface area contributed by atoms with Gasteiger partial charge in [-0.1, -0.05) is 29.8 Å². The van der Waals surface area contributed by atoms with E-state index < -0.39 is 0 Å². The molecule has 30 heavy (non-hydrogen) atoms. The number of carbonyl (C=O) groups excluding carboxylic acids is 2. The zero-order valence-electron chi connectivity index (χ0n) is 18.1. The van der Waals surface area contributed by atoms with Crippen LogP contribution in [0.4, 0.5) is 5.69 Å². The molecule has 0 aromatic heterocycles. The van der Waals surface area contributed by atoms with Gasteiger partial charge in [0.1, 0.15) is 5.70 Å². The quantitative estimate of drug-likeness (QED) is 0.656. The zero-order valence-corrected chi connectivity index (χ0v) is 18.1. The molecule has 0 atom stereocenters. The van der Waals surface area contributed by atoms with E-state index in [1.165, 1.54) is 4.90 Å². The van der Waals surface area contributed by atoms with Gasteiger partial charge in [-0.3, -0.25) is 14.5 Å². The second-order valence-corrected chi connectivity index (χ2v) is 7.34. The van der Waals surface area contributed by atoms with Crippen LogP contribution in [0.2, 0.25) is 0 Å². The highest BCUT2D eigenvalue weighted by molar-refractivity contribution is 6.36. The Balaban J connectivity index is 2.05. The van der Waals surface area contributed by atoms with Crippen LogP contribution in [0.25, 0.3) is 5.57 Å². The molecule has 0 radical (unpaired) electrons. The maximum atomic E-state index is 13.1. The van der Waals surface area contributed by atoms with Crippen LogP contribution in [0.15, 0.2) is 48.2 Å². The van der Waals surface area contributed by atoms with Gasteiger partial charge in [-0.25, -0.2) is 0 Å². The topological polar surface area (TPSA) is 67.9 Å². The van der Waals surface area contributed by atoms with E-state index in [1.807, 2.05) is 65.0 Å². The van der Waals surface area contributed by atoms with Crippen LogP contribution in [0.1, 0.15) is 38.8 Å². The van der Waals surface area contributed by atoms with Gasteiger partial charge in [0.05, 0.1) is 18.8 Å². The lowest BCUT2D eigenvalue weighted by molar-refractivity contribution is -0.138. The largest absolute Gasteiger partial charge is 0.490 e. The van der Waals surface area contributed by atoms with Gasteiger partial charge in [-0.15, -0.1) is 0 Å². The van der Waals surface area contributed by atoms with Crippen LogP contribution in [-0.2, 0) is 9.59 Å². The highest BCUT2D eigenvalue weighted by atomic mass is 16.5. The maximum absolute atomic E-state index is 13.1. The molecule has 2 amide bonds. The van der Waals surface area contributed by atoms with E-state index >= 15 is 0 Å². The summed E-state index contributed by atoms with van der Waals surface area (Å²) in [4.78, 5) is 27.5. The Labute approximate surface area is 177 Å². The van der Waals surface area contributed by atoms with Crippen molar-refractivity contribution in [1.82, 2.24) is 4.90 Å². The van der Waals surface area contributed by atoms with Crippen LogP contribution < -0.4 is 14.8 Å². The summed E-state index contributed by atoms with van der Waals surface area (Å²) in [5.41, 5.74) is 3.08. The molecule has 1 heterocycles. The first kappa shape index (κ1) is 21.4. The third kappa shape index (κ3) is 4.17. The van der Waals surface area contributed by atoms with Gasteiger partial charge in [0.2, 0.25) is 0 Å². The van der Waals surface area contributed by atoms with Gasteiger partial charge in [0.15, 0.2) is 11.5 Å². The molecule has 0 unspecified atom stereocenters. The van der Waals surface area contributed by atoms with Crippen molar-refractivity contribution >= 4 is 23.1 Å². The van der Waals surface area contributed by atoms with Crippen molar-refractivity contribution < 1.29 is 19.1 Å². The van der Waals surface area contributed by atoms with E-state index in [2.05, 4.69) is 5.32 Å². The summed E-state index contributed by atoms with van der Waals surface area (Å²) in [6.07, 6.45) is 0. The molecule has 0 aliphatic carbocycles. The normalized spacial score (nSPS) is 14.0. The number of aryl methyl sites for hydroxylation is 1. The molecule has 0 saturated carbocycles. The molecule has 3 rings (SSSR count). The van der Waals surface area contributed by atoms with E-state index in [9.17, 15) is 9.59 Å². The number of hydrogen-bond acceptors (Lipinski definition) is 5. The minimum absolute atomic E-state index is 0.246. The lowest BCUT2D eigenvalue weighted by Gasteiger charge is -2.19. The van der Waals surface area contributed by atoms with Crippen LogP contribution in [-0.4, -0.2) is 36.0 Å². The molecule has 1 N–H and O–H groups in total. The molecule has 0 saturated heterocycles. The number of nitrogens with one attached hydrogen (secondary N) is 1. The van der Waals surface area contributed by atoms with Crippen LogP contribution >= 0.6 is 0 Å². The average Bonchev–Trinajstić information content (AvgIpc) is 2.95. The number of hydrogen-bond donors (Lipinski definition) is 1. The first-order valence-corrected chi connectivity index (χ1v) is 10.2. The molecular weight excluding hydrogens is 380 g/mol. The minimum atomic E-state index is -0.336. The summed E-state index contributed by atoms with van der Waals surface area (Å²) in [6, 6.07) is 12.7. The van der Waals surface area contributed by atoms with Crippen molar-refractivity contribution in [1.29, 1.82) is 0 Å². The van der Waals surface area contributed by atoms with Crippen LogP contribution in [0, 0.1) is 6.92 Å². The van der Waals surface area contributed by atoms with E-state index in [1.54, 1.807) is 12.1 Å². The monoisotopic (exact) mass is 408 g/mol. The molecule has 158 valence electrons. The Bertz CT molecular complexity index is 977. The second-order valence-electron chi connectivity index (χ2n) is 7.34. The van der Waals surface area contributed by atoms with Crippen molar-refractivity contribution in [3.63, 3.8) is 0 Å². The van der Waals surface area contributed by atoms with Crippen molar-refractivity contribution in [3.05, 3.63) is 59.3 Å². The highest BCUT2D eigenvalue weighted by Gasteiger charge is 2.40. The van der Waals surface area contributed by atoms with Crippen LogP contribution in [0.3, 0.4) is 0 Å². The highest BCUT2D eigenvalue weighted by Crippen LogP contribution is 2.35. The number of rotatable bonds is 8. The molecule has 2 aromatic rings. The predicted molar refractivity (Wildman–Crippen MR) is 117 cm³/mol. The van der Waals surface area contributed by atoms with Gasteiger partial charge >= 0.3 is 0 Å². The Hall–Kier alpha value is -3.28. The minimum Gasteiger partial charge on any atom is -0.490 e. The van der Waals surface area contributed by atoms with Gasteiger partial charge in [-0.05, 0) is 52.3 Å². The summed E-state index contributed by atoms with van der Waals surface area (Å²) in [6.45, 7) is 10.4. The lowest BCUT2D eigenvalue weighted by atomic mass is 10.0. The summed E-state index contributed by atoms with van der Waals surface area (Å²) in [5.74, 6) is 0.587. The lowest BCUT2D eigenvalue weighted by Crippen LogP contribution is -2.38. The number of carbonyl (C=O) groups is 2. The molecule has 2 aromatic carbocycles. The number of nitrogens with zero attached hydrogens (tertiary/aromatic N) is 1. The van der Waals surface area contributed by atoms with Crippen molar-refractivity contribution in [3.8, 4) is 11.5 Å². The van der Waals surface area contributed by atoms with Gasteiger partial charge < -0.3 is 14.8 Å². The molecular formula is C24H28N2O4. The summed E-state index contributed by atoms with van der Waals surface area (Å²) < 4.78 is 11.3. The van der Waals surface area contributed by atoms with Gasteiger partial charge in [0, 0.05) is 17.8 Å². The summed E-state index contributed by atoms with van der Waals surface area (Å²) in [5, 5.41) is 3.17. The van der Waals surface area contributed by atoms with Gasteiger partial charge in [0.25, 0.3) is 11.8 Å². The molecule has 0 bridgehead atoms. The Kier molecular flexibility index (Phi) is 6.45. The maximum Gasteiger partial charge on any atom is 0.278 e. The summed E-state index contributed by atoms with van der Waals surface area (Å²) >= 11 is 0. The fourth-order valence-electron chi connectivity index (χ4n) is 3.39. The van der Waals surface area contributed by atoms with Crippen molar-refractivity contribution in [2.75, 3.05) is 18.5 Å². The Morgan fingerprint density at radius 3 is 2.13 bits per heavy atom. The van der Waals surface area contributed by atoms with Crippen LogP contribution in [0.5, 0.6) is 11.5 Å². The van der Waals surface area contributed by atoms with Gasteiger partial charge in [-0.2, -0.15) is 0 Å². The molecule has 6 heteroatoms. The second kappa shape index (κ2) is 9.03. The number of ether oxygens (including phenoxy) is 2. The van der Waals surface area contributed by atoms with Crippen molar-refractivity contribution in [2.24, 2.45) is 0 Å². The third-order valence-electron chi connectivity index (χ3n) is 4.78. The Morgan fingerprint density at radius 1 is 0.900 bits per heavy atom. The average molecular weight is 408 g/mol. The SMILES string of the molecule is CCOc1ccc(NC2=C(c3ccc(C)cc3)C(=O)N(C(C)C)C2=O)cc1OCC. The third-order valence-corrected chi connectivity index (χ3v) is 4.78. The fraction of sp³-hybridized carbons (Fsp3) is 0.333. The standard InChI is InChI=1S/C24H28N2O4/c1-6-29-19-13-12-18(14-20(19)30-7-2)25-22-21(17-10-8-16(5)9-11-17)23(27)26(15(3)4)24(22)28/h8-15,25H,6-7H2,1-5H3. The van der Waals surface area contributed by atoms with E-state index in [0.717, 1.165) is 5.56 Å². The summed E-state index contributed by atoms with van der Waals surface area (Å²) in [7, 11) is 0. The molecule has 1 aliphatic rings. The number of benzene rings is 2. The smallest absolute Gasteiger partial charge is 0.278 e.